The lowest BCUT2D eigenvalue weighted by Gasteiger charge is -2.56. The molecule has 4 bridgehead atoms. The van der Waals surface area contributed by atoms with E-state index in [1.54, 1.807) is 31.3 Å². The highest BCUT2D eigenvalue weighted by Gasteiger charge is 2.51. The van der Waals surface area contributed by atoms with Crippen LogP contribution < -0.4 is 16.0 Å². The summed E-state index contributed by atoms with van der Waals surface area (Å²) in [6, 6.07) is 6.74. The molecule has 4 aliphatic carbocycles. The largest absolute Gasteiger partial charge is 0.355 e. The summed E-state index contributed by atoms with van der Waals surface area (Å²) >= 11 is 0. The van der Waals surface area contributed by atoms with Crippen LogP contribution in [0, 0.1) is 23.2 Å². The summed E-state index contributed by atoms with van der Waals surface area (Å²) in [5, 5.41) is 8.09. The number of carbonyl (C=O) groups excluding carboxylic acids is 3. The SMILES string of the molecule is CNC(=O)c1cccc(NC(=O)CNC(=O)CC23CC4CC(CC(C4)C2)C3)c1. The van der Waals surface area contributed by atoms with Gasteiger partial charge in [-0.1, -0.05) is 6.07 Å². The van der Waals surface area contributed by atoms with Crippen molar-refractivity contribution in [3.63, 3.8) is 0 Å². The third-order valence-corrected chi connectivity index (χ3v) is 6.78. The molecule has 1 aromatic rings. The van der Waals surface area contributed by atoms with Crippen LogP contribution in [-0.4, -0.2) is 31.3 Å². The predicted molar refractivity (Wildman–Crippen MR) is 107 cm³/mol. The predicted octanol–water partition coefficient (Wildman–Crippen LogP) is 2.71. The van der Waals surface area contributed by atoms with Gasteiger partial charge in [0.25, 0.3) is 5.91 Å². The average Bonchev–Trinajstić information content (AvgIpc) is 2.64. The fourth-order valence-corrected chi connectivity index (χ4v) is 6.18. The van der Waals surface area contributed by atoms with Crippen molar-refractivity contribution in [1.82, 2.24) is 10.6 Å². The zero-order valence-corrected chi connectivity index (χ0v) is 16.4. The molecule has 5 rings (SSSR count). The highest BCUT2D eigenvalue weighted by atomic mass is 16.2. The van der Waals surface area contributed by atoms with Gasteiger partial charge in [-0.05, 0) is 79.9 Å². The highest BCUT2D eigenvalue weighted by molar-refractivity contribution is 5.98. The number of anilines is 1. The second kappa shape index (κ2) is 7.57. The van der Waals surface area contributed by atoms with E-state index >= 15 is 0 Å². The molecule has 0 unspecified atom stereocenters. The first-order valence-electron chi connectivity index (χ1n) is 10.3. The van der Waals surface area contributed by atoms with Gasteiger partial charge >= 0.3 is 0 Å². The lowest BCUT2D eigenvalue weighted by molar-refractivity contribution is -0.131. The van der Waals surface area contributed by atoms with Gasteiger partial charge in [0.1, 0.15) is 0 Å². The Morgan fingerprint density at radius 2 is 1.64 bits per heavy atom. The van der Waals surface area contributed by atoms with E-state index in [2.05, 4.69) is 16.0 Å². The van der Waals surface area contributed by atoms with Crippen molar-refractivity contribution in [2.24, 2.45) is 23.2 Å². The second-order valence-electron chi connectivity index (χ2n) is 9.08. The van der Waals surface area contributed by atoms with E-state index in [9.17, 15) is 14.4 Å². The van der Waals surface area contributed by atoms with Crippen LogP contribution in [0.3, 0.4) is 0 Å². The Balaban J connectivity index is 1.27. The standard InChI is InChI=1S/C22H29N3O3/c1-23-21(28)17-3-2-4-18(8-17)25-20(27)13-24-19(26)12-22-9-14-5-15(10-22)7-16(6-14)11-22/h2-4,8,14-16H,5-7,9-13H2,1H3,(H,23,28)(H,24,26)(H,25,27). The molecule has 6 heteroatoms. The van der Waals surface area contributed by atoms with E-state index in [1.165, 1.54) is 38.5 Å². The van der Waals surface area contributed by atoms with Crippen molar-refractivity contribution in [3.8, 4) is 0 Å². The smallest absolute Gasteiger partial charge is 0.251 e. The Bertz CT molecular complexity index is 754. The van der Waals surface area contributed by atoms with Gasteiger partial charge in [-0.2, -0.15) is 0 Å². The average molecular weight is 383 g/mol. The molecule has 4 fully saturated rings. The summed E-state index contributed by atoms with van der Waals surface area (Å²) in [5.41, 5.74) is 1.20. The second-order valence-corrected chi connectivity index (χ2v) is 9.08. The number of amides is 3. The van der Waals surface area contributed by atoms with Gasteiger partial charge < -0.3 is 16.0 Å². The normalized spacial score (nSPS) is 30.0. The maximum atomic E-state index is 12.5. The Labute approximate surface area is 165 Å². The Morgan fingerprint density at radius 1 is 1.00 bits per heavy atom. The summed E-state index contributed by atoms with van der Waals surface area (Å²) in [4.78, 5) is 36.4. The van der Waals surface area contributed by atoms with E-state index in [-0.39, 0.29) is 29.7 Å². The van der Waals surface area contributed by atoms with Crippen molar-refractivity contribution >= 4 is 23.4 Å². The molecule has 150 valence electrons. The molecule has 4 aliphatic rings. The molecule has 4 saturated carbocycles. The number of rotatable bonds is 6. The van der Waals surface area contributed by atoms with Gasteiger partial charge in [-0.25, -0.2) is 0 Å². The highest BCUT2D eigenvalue weighted by Crippen LogP contribution is 2.61. The van der Waals surface area contributed by atoms with Crippen LogP contribution in [0.2, 0.25) is 0 Å². The van der Waals surface area contributed by atoms with E-state index < -0.39 is 0 Å². The summed E-state index contributed by atoms with van der Waals surface area (Å²) in [6.45, 7) is -0.0462. The van der Waals surface area contributed by atoms with Gasteiger partial charge in [0.05, 0.1) is 6.54 Å². The third kappa shape index (κ3) is 4.05. The summed E-state index contributed by atoms with van der Waals surface area (Å²) in [6.07, 6.45) is 8.19. The van der Waals surface area contributed by atoms with E-state index in [0.717, 1.165) is 17.8 Å². The van der Waals surface area contributed by atoms with E-state index in [0.29, 0.717) is 17.7 Å². The fourth-order valence-electron chi connectivity index (χ4n) is 6.18. The summed E-state index contributed by atoms with van der Waals surface area (Å²) in [5.74, 6) is 1.93. The Morgan fingerprint density at radius 3 is 2.25 bits per heavy atom. The van der Waals surface area contributed by atoms with Crippen LogP contribution in [-0.2, 0) is 9.59 Å². The van der Waals surface area contributed by atoms with E-state index in [4.69, 9.17) is 0 Å². The van der Waals surface area contributed by atoms with Crippen LogP contribution in [0.5, 0.6) is 0 Å². The molecule has 0 spiro atoms. The fraction of sp³-hybridized carbons (Fsp3) is 0.591. The van der Waals surface area contributed by atoms with Crippen LogP contribution >= 0.6 is 0 Å². The van der Waals surface area contributed by atoms with Crippen molar-refractivity contribution in [2.45, 2.75) is 44.9 Å². The minimum atomic E-state index is -0.284. The van der Waals surface area contributed by atoms with Gasteiger partial charge in [0, 0.05) is 24.7 Å². The van der Waals surface area contributed by atoms with E-state index in [1.807, 2.05) is 0 Å². The number of hydrogen-bond donors (Lipinski definition) is 3. The number of nitrogens with one attached hydrogen (secondary N) is 3. The molecular weight excluding hydrogens is 354 g/mol. The summed E-state index contributed by atoms with van der Waals surface area (Å²) in [7, 11) is 1.56. The Hall–Kier alpha value is -2.37. The number of carbonyl (C=O) groups is 3. The third-order valence-electron chi connectivity index (χ3n) is 6.78. The van der Waals surface area contributed by atoms with Crippen molar-refractivity contribution in [2.75, 3.05) is 18.9 Å². The number of benzene rings is 1. The van der Waals surface area contributed by atoms with Crippen LogP contribution in [0.25, 0.3) is 0 Å². The van der Waals surface area contributed by atoms with Crippen molar-refractivity contribution in [1.29, 1.82) is 0 Å². The van der Waals surface area contributed by atoms with Crippen molar-refractivity contribution in [3.05, 3.63) is 29.8 Å². The van der Waals surface area contributed by atoms with Gasteiger partial charge in [-0.15, -0.1) is 0 Å². The molecule has 28 heavy (non-hydrogen) atoms. The van der Waals surface area contributed by atoms with Gasteiger partial charge in [-0.3, -0.25) is 14.4 Å². The quantitative estimate of drug-likeness (QED) is 0.706. The Kier molecular flexibility index (Phi) is 5.13. The monoisotopic (exact) mass is 383 g/mol. The minimum Gasteiger partial charge on any atom is -0.355 e. The molecular formula is C22H29N3O3. The first-order chi connectivity index (χ1) is 13.4. The molecule has 0 saturated heterocycles. The molecule has 1 aromatic carbocycles. The van der Waals surface area contributed by atoms with Crippen LogP contribution in [0.1, 0.15) is 55.3 Å². The summed E-state index contributed by atoms with van der Waals surface area (Å²) < 4.78 is 0. The molecule has 3 N–H and O–H groups in total. The molecule has 3 amide bonds. The first-order valence-corrected chi connectivity index (χ1v) is 10.3. The molecule has 0 atom stereocenters. The first kappa shape index (κ1) is 19.0. The zero-order chi connectivity index (χ0) is 19.7. The van der Waals surface area contributed by atoms with Crippen molar-refractivity contribution < 1.29 is 14.4 Å². The number of hydrogen-bond acceptors (Lipinski definition) is 3. The van der Waals surface area contributed by atoms with Crippen LogP contribution in [0.4, 0.5) is 5.69 Å². The lowest BCUT2D eigenvalue weighted by atomic mass is 9.49. The molecule has 0 heterocycles. The lowest BCUT2D eigenvalue weighted by Crippen LogP contribution is -2.48. The molecule has 0 radical (unpaired) electrons. The maximum absolute atomic E-state index is 12.5. The minimum absolute atomic E-state index is 0.0174. The molecule has 0 aliphatic heterocycles. The zero-order valence-electron chi connectivity index (χ0n) is 16.4. The topological polar surface area (TPSA) is 87.3 Å². The molecule has 0 aromatic heterocycles. The van der Waals surface area contributed by atoms with Crippen LogP contribution in [0.15, 0.2) is 24.3 Å². The molecule has 6 nitrogen and oxygen atoms in total. The van der Waals surface area contributed by atoms with Gasteiger partial charge in [0.15, 0.2) is 0 Å². The van der Waals surface area contributed by atoms with Gasteiger partial charge in [0.2, 0.25) is 11.8 Å². The maximum Gasteiger partial charge on any atom is 0.251 e.